The lowest BCUT2D eigenvalue weighted by molar-refractivity contribution is -0.126. The van der Waals surface area contributed by atoms with E-state index in [9.17, 15) is 4.79 Å². The van der Waals surface area contributed by atoms with Crippen molar-refractivity contribution in [1.29, 1.82) is 0 Å². The summed E-state index contributed by atoms with van der Waals surface area (Å²) < 4.78 is 1.98. The zero-order valence-corrected chi connectivity index (χ0v) is 22.8. The van der Waals surface area contributed by atoms with Crippen LogP contribution in [0.1, 0.15) is 32.2 Å². The summed E-state index contributed by atoms with van der Waals surface area (Å²) in [6.45, 7) is 7.80. The van der Waals surface area contributed by atoms with Crippen LogP contribution in [0, 0.1) is 12.3 Å². The van der Waals surface area contributed by atoms with E-state index < -0.39 is 16.5 Å². The number of H-pyrrole nitrogens is 1. The Morgan fingerprint density at radius 1 is 0.925 bits per heavy atom. The number of aryl methyl sites for hydroxylation is 1. The van der Waals surface area contributed by atoms with Crippen LogP contribution in [-0.4, -0.2) is 42.3 Å². The topological polar surface area (TPSA) is 100 Å². The summed E-state index contributed by atoms with van der Waals surface area (Å²) in [6.07, 6.45) is 21.5. The van der Waals surface area contributed by atoms with Crippen LogP contribution in [0.15, 0.2) is 101 Å². The van der Waals surface area contributed by atoms with Crippen molar-refractivity contribution >= 4 is 29.4 Å². The standard InChI is InChI=1S/C32H29N7O/c1-20-13-26(10-12-33-20)39-18-28(34-19-39)32-11-9-24(37-32)15-23-6-5-21(35-23)14-22-7-8-25(36-22)16-31(4)29(40)30(2,3)27(17-32)38-31/h5-19,35,38H,1-4H3. The van der Waals surface area contributed by atoms with Crippen molar-refractivity contribution < 1.29 is 4.79 Å². The Morgan fingerprint density at radius 2 is 1.73 bits per heavy atom. The van der Waals surface area contributed by atoms with Gasteiger partial charge in [-0.15, -0.1) is 0 Å². The molecule has 7 rings (SSSR count). The fourth-order valence-corrected chi connectivity index (χ4v) is 5.81. The van der Waals surface area contributed by atoms with E-state index in [0.29, 0.717) is 0 Å². The molecule has 2 unspecified atom stereocenters. The minimum Gasteiger partial charge on any atom is -0.373 e. The molecule has 2 atom stereocenters. The van der Waals surface area contributed by atoms with Crippen LogP contribution < -0.4 is 16.0 Å². The summed E-state index contributed by atoms with van der Waals surface area (Å²) in [7, 11) is 0. The van der Waals surface area contributed by atoms with E-state index in [2.05, 4.69) is 27.4 Å². The molecule has 4 aliphatic rings. The Morgan fingerprint density at radius 3 is 2.52 bits per heavy atom. The van der Waals surface area contributed by atoms with Gasteiger partial charge in [0.25, 0.3) is 0 Å². The van der Waals surface area contributed by atoms with Gasteiger partial charge in [0.05, 0.1) is 34.6 Å². The molecule has 198 valence electrons. The van der Waals surface area contributed by atoms with Gasteiger partial charge in [0.15, 0.2) is 5.78 Å². The quantitative estimate of drug-likeness (QED) is 0.535. The van der Waals surface area contributed by atoms with Crippen molar-refractivity contribution in [3.05, 3.63) is 113 Å². The van der Waals surface area contributed by atoms with E-state index in [4.69, 9.17) is 15.0 Å². The summed E-state index contributed by atoms with van der Waals surface area (Å²) >= 11 is 0. The van der Waals surface area contributed by atoms with Gasteiger partial charge >= 0.3 is 0 Å². The van der Waals surface area contributed by atoms with E-state index >= 15 is 0 Å². The van der Waals surface area contributed by atoms with Crippen LogP contribution in [0.2, 0.25) is 0 Å². The molecule has 3 aromatic heterocycles. The largest absolute Gasteiger partial charge is 0.373 e. The van der Waals surface area contributed by atoms with Crippen LogP contribution in [0.3, 0.4) is 0 Å². The number of allylic oxidation sites excluding steroid dienone is 4. The van der Waals surface area contributed by atoms with E-state index in [1.165, 1.54) is 0 Å². The van der Waals surface area contributed by atoms with Crippen LogP contribution >= 0.6 is 0 Å². The molecule has 0 aromatic carbocycles. The number of aromatic amines is 1. The highest BCUT2D eigenvalue weighted by molar-refractivity contribution is 6.20. The number of hydrogen-bond donors (Lipinski definition) is 2. The first-order chi connectivity index (χ1) is 19.1. The molecule has 8 heteroatoms. The number of hydrogen-bond acceptors (Lipinski definition) is 6. The molecule has 0 amide bonds. The lowest BCUT2D eigenvalue weighted by atomic mass is 9.79. The van der Waals surface area contributed by atoms with E-state index in [1.807, 2.05) is 99.2 Å². The molecule has 0 radical (unpaired) electrons. The molecule has 8 nitrogen and oxygen atoms in total. The third kappa shape index (κ3) is 3.87. The van der Waals surface area contributed by atoms with Crippen LogP contribution in [0.25, 0.3) is 17.8 Å². The fourth-order valence-electron chi connectivity index (χ4n) is 5.81. The number of ketones is 1. The number of rotatable bonds is 2. The number of fused-ring (bicyclic) bond motifs is 6. The maximum absolute atomic E-state index is 13.9. The lowest BCUT2D eigenvalue weighted by Crippen LogP contribution is -2.41. The molecule has 0 spiro atoms. The van der Waals surface area contributed by atoms with Gasteiger partial charge in [-0.05, 0) is 101 Å². The van der Waals surface area contributed by atoms with Gasteiger partial charge in [0.1, 0.15) is 11.1 Å². The average molecular weight is 528 g/mol. The molecular weight excluding hydrogens is 498 g/mol. The van der Waals surface area contributed by atoms with Crippen molar-refractivity contribution in [2.75, 3.05) is 0 Å². The highest BCUT2D eigenvalue weighted by Crippen LogP contribution is 2.44. The molecule has 1 saturated heterocycles. The maximum atomic E-state index is 13.9. The number of nitrogens with zero attached hydrogens (tertiary/aromatic N) is 5. The van der Waals surface area contributed by atoms with Gasteiger partial charge < -0.3 is 14.9 Å². The minimum atomic E-state index is -0.930. The number of Topliss-reactive ketones (excluding diaryl/α,β-unsaturated/α-hetero) is 1. The number of aliphatic imine (C=N–C) groups is 2. The summed E-state index contributed by atoms with van der Waals surface area (Å²) in [5.41, 5.74) is 3.21. The van der Waals surface area contributed by atoms with Gasteiger partial charge in [0, 0.05) is 40.2 Å². The molecule has 0 saturated carbocycles. The Hall–Kier alpha value is -4.85. The van der Waals surface area contributed by atoms with E-state index in [-0.39, 0.29) is 5.78 Å². The third-order valence-corrected chi connectivity index (χ3v) is 7.92. The summed E-state index contributed by atoms with van der Waals surface area (Å²) in [4.78, 5) is 36.4. The second-order valence-corrected chi connectivity index (χ2v) is 11.5. The molecule has 2 N–H and O–H groups in total. The van der Waals surface area contributed by atoms with Crippen molar-refractivity contribution in [3.8, 4) is 5.69 Å². The van der Waals surface area contributed by atoms with Crippen molar-refractivity contribution in [1.82, 2.24) is 24.8 Å². The molecule has 1 fully saturated rings. The highest BCUT2D eigenvalue weighted by Gasteiger charge is 2.52. The van der Waals surface area contributed by atoms with E-state index in [1.54, 1.807) is 12.5 Å². The first kappa shape index (κ1) is 24.2. The first-order valence-electron chi connectivity index (χ1n) is 13.3. The minimum absolute atomic E-state index is 0.0726. The van der Waals surface area contributed by atoms with Crippen LogP contribution in [-0.2, 0) is 10.3 Å². The monoisotopic (exact) mass is 527 g/mol. The van der Waals surface area contributed by atoms with Gasteiger partial charge in [-0.1, -0.05) is 0 Å². The normalized spacial score (nSPS) is 25.9. The predicted molar refractivity (Wildman–Crippen MR) is 156 cm³/mol. The SMILES string of the molecule is Cc1cc(-n2cnc(C34C=CC(=N3)C=c3ccc([nH]3)=CC3=NC(=CC5(C)NC(=C4)C(C)(C)C5=O)C=C3)c2)ccn1. The number of imidazole rings is 1. The van der Waals surface area contributed by atoms with Gasteiger partial charge in [-0.25, -0.2) is 9.98 Å². The maximum Gasteiger partial charge on any atom is 0.173 e. The van der Waals surface area contributed by atoms with E-state index in [0.717, 1.165) is 50.6 Å². The zero-order valence-electron chi connectivity index (χ0n) is 22.8. The summed E-state index contributed by atoms with van der Waals surface area (Å²) in [5.74, 6) is 0.0726. The molecule has 4 aliphatic heterocycles. The highest BCUT2D eigenvalue weighted by atomic mass is 16.1. The smallest absolute Gasteiger partial charge is 0.173 e. The fraction of sp³-hybridized carbons (Fsp3) is 0.219. The Kier molecular flexibility index (Phi) is 5.04. The molecule has 8 bridgehead atoms. The molecule has 3 aromatic rings. The summed E-state index contributed by atoms with van der Waals surface area (Å²) in [6, 6.07) is 8.01. The molecule has 0 aliphatic carbocycles. The number of aromatic nitrogens is 4. The van der Waals surface area contributed by atoms with Crippen molar-refractivity contribution in [2.24, 2.45) is 15.4 Å². The average Bonchev–Trinajstić information content (AvgIpc) is 3.73. The molecule has 7 heterocycles. The number of nitrogens with one attached hydrogen (secondary N) is 2. The number of carbonyl (C=O) groups is 1. The third-order valence-electron chi connectivity index (χ3n) is 7.92. The van der Waals surface area contributed by atoms with Crippen LogP contribution in [0.4, 0.5) is 0 Å². The zero-order chi connectivity index (χ0) is 27.7. The van der Waals surface area contributed by atoms with Gasteiger partial charge in [-0.3, -0.25) is 14.8 Å². The second-order valence-electron chi connectivity index (χ2n) is 11.5. The first-order valence-corrected chi connectivity index (χ1v) is 13.3. The predicted octanol–water partition coefficient (Wildman–Crippen LogP) is 3.12. The Labute approximate surface area is 231 Å². The summed E-state index contributed by atoms with van der Waals surface area (Å²) in [5, 5.41) is 5.43. The lowest BCUT2D eigenvalue weighted by Gasteiger charge is -2.24. The van der Waals surface area contributed by atoms with Crippen molar-refractivity contribution in [3.63, 3.8) is 0 Å². The second kappa shape index (κ2) is 8.32. The number of carbonyl (C=O) groups excluding carboxylic acids is 1. The Bertz CT molecular complexity index is 1910. The van der Waals surface area contributed by atoms with Gasteiger partial charge in [0.2, 0.25) is 0 Å². The van der Waals surface area contributed by atoms with Crippen molar-refractivity contribution in [2.45, 2.75) is 38.8 Å². The van der Waals surface area contributed by atoms with Gasteiger partial charge in [-0.2, -0.15) is 0 Å². The number of pyridine rings is 1. The molecular formula is C32H29N7O. The molecule has 40 heavy (non-hydrogen) atoms. The van der Waals surface area contributed by atoms with Crippen LogP contribution in [0.5, 0.6) is 0 Å². The Balaban J connectivity index is 1.44.